The van der Waals surface area contributed by atoms with Crippen molar-refractivity contribution >= 4 is 17.0 Å². The molecule has 0 aliphatic heterocycles. The molecule has 0 amide bonds. The normalized spacial score (nSPS) is 11.0. The van der Waals surface area contributed by atoms with E-state index in [9.17, 15) is 9.90 Å². The highest BCUT2D eigenvalue weighted by atomic mass is 16.5. The van der Waals surface area contributed by atoms with Crippen molar-refractivity contribution in [1.29, 1.82) is 0 Å². The first-order chi connectivity index (χ1) is 11.5. The molecule has 0 unspecified atom stereocenters. The predicted molar refractivity (Wildman–Crippen MR) is 86.3 cm³/mol. The lowest BCUT2D eigenvalue weighted by Crippen LogP contribution is -2.09. The molecule has 124 valence electrons. The molecule has 0 fully saturated rings. The van der Waals surface area contributed by atoms with Gasteiger partial charge in [0.25, 0.3) is 0 Å². The Labute approximate surface area is 138 Å². The fourth-order valence-electron chi connectivity index (χ4n) is 2.47. The molecule has 0 aliphatic carbocycles. The van der Waals surface area contributed by atoms with Crippen molar-refractivity contribution in [2.24, 2.45) is 0 Å². The maximum atomic E-state index is 11.4. The molecule has 8 nitrogen and oxygen atoms in total. The van der Waals surface area contributed by atoms with Crippen LogP contribution in [-0.4, -0.2) is 42.4 Å². The fourth-order valence-corrected chi connectivity index (χ4v) is 2.47. The number of aryl methyl sites for hydroxylation is 1. The Balaban J connectivity index is 2.09. The Morgan fingerprint density at radius 3 is 2.79 bits per heavy atom. The summed E-state index contributed by atoms with van der Waals surface area (Å²) in [4.78, 5) is 24.0. The molecule has 0 aliphatic rings. The Kier molecular flexibility index (Phi) is 4.11. The molecule has 0 aromatic carbocycles. The molecular formula is C16H17N5O3. The van der Waals surface area contributed by atoms with Gasteiger partial charge in [-0.1, -0.05) is 0 Å². The van der Waals surface area contributed by atoms with Gasteiger partial charge >= 0.3 is 5.97 Å². The van der Waals surface area contributed by atoms with Crippen LogP contribution in [0.5, 0.6) is 5.88 Å². The molecular weight excluding hydrogens is 310 g/mol. The van der Waals surface area contributed by atoms with Crippen LogP contribution in [-0.2, 0) is 6.54 Å². The second-order valence-corrected chi connectivity index (χ2v) is 5.38. The number of fused-ring (bicyclic) bond motifs is 1. The van der Waals surface area contributed by atoms with Gasteiger partial charge in [0.2, 0.25) is 5.88 Å². The predicted octanol–water partition coefficient (Wildman–Crippen LogP) is 1.98. The average molecular weight is 327 g/mol. The molecule has 0 radical (unpaired) electrons. The fraction of sp³-hybridized carbons (Fsp3) is 0.312. The lowest BCUT2D eigenvalue weighted by atomic mass is 10.2. The molecule has 0 saturated heterocycles. The third-order valence-electron chi connectivity index (χ3n) is 3.65. The van der Waals surface area contributed by atoms with Crippen molar-refractivity contribution in [1.82, 2.24) is 24.7 Å². The van der Waals surface area contributed by atoms with E-state index in [1.807, 2.05) is 26.8 Å². The summed E-state index contributed by atoms with van der Waals surface area (Å²) in [6, 6.07) is 1.86. The van der Waals surface area contributed by atoms with Gasteiger partial charge in [-0.3, -0.25) is 9.67 Å². The first-order valence-electron chi connectivity index (χ1n) is 7.51. The number of aromatic carboxylic acids is 1. The average Bonchev–Trinajstić information content (AvgIpc) is 2.89. The quantitative estimate of drug-likeness (QED) is 0.764. The van der Waals surface area contributed by atoms with Crippen molar-refractivity contribution in [3.63, 3.8) is 0 Å². The van der Waals surface area contributed by atoms with Gasteiger partial charge in [-0.25, -0.2) is 14.8 Å². The Bertz CT molecular complexity index is 919. The smallest absolute Gasteiger partial charge is 0.358 e. The van der Waals surface area contributed by atoms with Gasteiger partial charge in [0.1, 0.15) is 11.8 Å². The highest BCUT2D eigenvalue weighted by molar-refractivity contribution is 5.99. The van der Waals surface area contributed by atoms with E-state index < -0.39 is 5.97 Å². The molecule has 3 aromatic heterocycles. The molecule has 0 bridgehead atoms. The molecule has 3 heterocycles. The summed E-state index contributed by atoms with van der Waals surface area (Å²) in [5.74, 6) is -0.587. The van der Waals surface area contributed by atoms with E-state index in [-0.39, 0.29) is 5.69 Å². The minimum absolute atomic E-state index is 0.0678. The van der Waals surface area contributed by atoms with Crippen molar-refractivity contribution in [3.8, 4) is 5.88 Å². The first-order valence-corrected chi connectivity index (χ1v) is 7.51. The summed E-state index contributed by atoms with van der Waals surface area (Å²) < 4.78 is 7.08. The van der Waals surface area contributed by atoms with Crippen molar-refractivity contribution in [2.75, 3.05) is 6.61 Å². The van der Waals surface area contributed by atoms with Crippen LogP contribution in [0.1, 0.15) is 34.2 Å². The number of hydrogen-bond acceptors (Lipinski definition) is 6. The van der Waals surface area contributed by atoms with E-state index in [0.717, 1.165) is 16.8 Å². The van der Waals surface area contributed by atoms with Crippen LogP contribution in [0.3, 0.4) is 0 Å². The van der Waals surface area contributed by atoms with Crippen LogP contribution < -0.4 is 4.74 Å². The summed E-state index contributed by atoms with van der Waals surface area (Å²) in [6.07, 6.45) is 3.06. The largest absolute Gasteiger partial charge is 0.478 e. The SMILES string of the molecule is CCOc1ncnc(Cn2nc(C(=O)O)c3ncc(C)cc32)c1C. The topological polar surface area (TPSA) is 103 Å². The minimum atomic E-state index is -1.11. The number of pyridine rings is 1. The van der Waals surface area contributed by atoms with Crippen molar-refractivity contribution in [3.05, 3.63) is 41.1 Å². The van der Waals surface area contributed by atoms with E-state index in [1.54, 1.807) is 10.9 Å². The zero-order chi connectivity index (χ0) is 17.3. The molecule has 3 aromatic rings. The van der Waals surface area contributed by atoms with Crippen LogP contribution in [0.25, 0.3) is 11.0 Å². The van der Waals surface area contributed by atoms with Gasteiger partial charge < -0.3 is 9.84 Å². The van der Waals surface area contributed by atoms with E-state index >= 15 is 0 Å². The van der Waals surface area contributed by atoms with E-state index in [1.165, 1.54) is 6.33 Å². The molecule has 0 atom stereocenters. The number of rotatable bonds is 5. The number of ether oxygens (including phenoxy) is 1. The highest BCUT2D eigenvalue weighted by Gasteiger charge is 2.19. The van der Waals surface area contributed by atoms with E-state index in [0.29, 0.717) is 30.1 Å². The van der Waals surface area contributed by atoms with Crippen LogP contribution in [0.2, 0.25) is 0 Å². The van der Waals surface area contributed by atoms with Crippen molar-refractivity contribution in [2.45, 2.75) is 27.3 Å². The minimum Gasteiger partial charge on any atom is -0.478 e. The third-order valence-corrected chi connectivity index (χ3v) is 3.65. The maximum Gasteiger partial charge on any atom is 0.358 e. The zero-order valence-corrected chi connectivity index (χ0v) is 13.6. The lowest BCUT2D eigenvalue weighted by molar-refractivity contribution is 0.0691. The van der Waals surface area contributed by atoms with Gasteiger partial charge in [0, 0.05) is 11.8 Å². The number of carbonyl (C=O) groups is 1. The zero-order valence-electron chi connectivity index (χ0n) is 13.6. The van der Waals surface area contributed by atoms with Gasteiger partial charge in [-0.2, -0.15) is 5.10 Å². The maximum absolute atomic E-state index is 11.4. The second kappa shape index (κ2) is 6.23. The van der Waals surface area contributed by atoms with Crippen LogP contribution in [0, 0.1) is 13.8 Å². The molecule has 1 N–H and O–H groups in total. The Morgan fingerprint density at radius 1 is 1.29 bits per heavy atom. The Hall–Kier alpha value is -3.03. The molecule has 24 heavy (non-hydrogen) atoms. The molecule has 0 saturated carbocycles. The number of nitrogens with zero attached hydrogens (tertiary/aromatic N) is 5. The van der Waals surface area contributed by atoms with Crippen LogP contribution in [0.15, 0.2) is 18.6 Å². The summed E-state index contributed by atoms with van der Waals surface area (Å²) in [7, 11) is 0. The molecule has 8 heteroatoms. The number of hydrogen-bond donors (Lipinski definition) is 1. The first kappa shape index (κ1) is 15.9. The summed E-state index contributed by atoms with van der Waals surface area (Å²) in [5, 5.41) is 13.5. The number of carboxylic acids is 1. The third kappa shape index (κ3) is 2.78. The summed E-state index contributed by atoms with van der Waals surface area (Å²) in [5.41, 5.74) is 3.40. The van der Waals surface area contributed by atoms with Crippen molar-refractivity contribution < 1.29 is 14.6 Å². The molecule has 0 spiro atoms. The molecule has 3 rings (SSSR count). The monoisotopic (exact) mass is 327 g/mol. The van der Waals surface area contributed by atoms with Gasteiger partial charge in [0.15, 0.2) is 5.69 Å². The van der Waals surface area contributed by atoms with Gasteiger partial charge in [-0.15, -0.1) is 0 Å². The van der Waals surface area contributed by atoms with Gasteiger partial charge in [0.05, 0.1) is 24.4 Å². The highest BCUT2D eigenvalue weighted by Crippen LogP contribution is 2.21. The summed E-state index contributed by atoms with van der Waals surface area (Å²) >= 11 is 0. The lowest BCUT2D eigenvalue weighted by Gasteiger charge is -2.10. The Morgan fingerprint density at radius 2 is 2.08 bits per heavy atom. The number of carboxylic acid groups (broad SMARTS) is 1. The van der Waals surface area contributed by atoms with E-state index in [2.05, 4.69) is 20.1 Å². The number of aromatic nitrogens is 5. The van der Waals surface area contributed by atoms with E-state index in [4.69, 9.17) is 4.74 Å². The summed E-state index contributed by atoms with van der Waals surface area (Å²) in [6.45, 7) is 6.47. The van der Waals surface area contributed by atoms with Crippen LogP contribution in [0.4, 0.5) is 0 Å². The second-order valence-electron chi connectivity index (χ2n) is 5.38. The van der Waals surface area contributed by atoms with Gasteiger partial charge in [-0.05, 0) is 32.4 Å². The standard InChI is InChI=1S/C16H17N5O3/c1-4-24-15-10(3)11(18-8-19-15)7-21-12-5-9(2)6-17-13(12)14(20-21)16(22)23/h5-6,8H,4,7H2,1-3H3,(H,22,23). The van der Waals surface area contributed by atoms with Crippen LogP contribution >= 0.6 is 0 Å².